The normalized spacial score (nSPS) is 12.6. The van der Waals surface area contributed by atoms with E-state index in [0.717, 1.165) is 32.6 Å². The highest BCUT2D eigenvalue weighted by molar-refractivity contribution is 5.25. The third kappa shape index (κ3) is 6.53. The van der Waals surface area contributed by atoms with Gasteiger partial charge in [-0.05, 0) is 36.9 Å². The van der Waals surface area contributed by atoms with Crippen LogP contribution in [0.15, 0.2) is 24.3 Å². The summed E-state index contributed by atoms with van der Waals surface area (Å²) in [6.07, 6.45) is 5.93. The van der Waals surface area contributed by atoms with Gasteiger partial charge in [0.2, 0.25) is 0 Å². The molecule has 1 rings (SSSR count). The Bertz CT molecular complexity index is 334. The van der Waals surface area contributed by atoms with Crippen LogP contribution in [0.4, 0.5) is 0 Å². The maximum Gasteiger partial charge on any atom is 0.0661 e. The lowest BCUT2D eigenvalue weighted by Crippen LogP contribution is -2.26. The summed E-state index contributed by atoms with van der Waals surface area (Å²) in [6.45, 7) is 9.31. The van der Waals surface area contributed by atoms with Crippen LogP contribution >= 0.6 is 0 Å². The first-order valence-electron chi connectivity index (χ1n) is 8.21. The molecule has 0 aliphatic heterocycles. The number of nitrogens with one attached hydrogen (secondary N) is 1. The van der Waals surface area contributed by atoms with Crippen molar-refractivity contribution >= 4 is 0 Å². The third-order valence-corrected chi connectivity index (χ3v) is 3.61. The Morgan fingerprint density at radius 2 is 1.75 bits per heavy atom. The Hall–Kier alpha value is -0.860. The van der Waals surface area contributed by atoms with Gasteiger partial charge in [-0.2, -0.15) is 0 Å². The van der Waals surface area contributed by atoms with Crippen molar-refractivity contribution in [3.8, 4) is 0 Å². The van der Waals surface area contributed by atoms with E-state index >= 15 is 0 Å². The second kappa shape index (κ2) is 10.9. The van der Waals surface area contributed by atoms with Crippen molar-refractivity contribution in [1.29, 1.82) is 0 Å². The van der Waals surface area contributed by atoms with Gasteiger partial charge >= 0.3 is 0 Å². The summed E-state index contributed by atoms with van der Waals surface area (Å²) in [6, 6.07) is 9.26. The lowest BCUT2D eigenvalue weighted by Gasteiger charge is -2.19. The Labute approximate surface area is 124 Å². The average molecular weight is 277 g/mol. The minimum atomic E-state index is 0.322. The molecule has 0 aliphatic carbocycles. The van der Waals surface area contributed by atoms with Gasteiger partial charge in [0.25, 0.3) is 0 Å². The summed E-state index contributed by atoms with van der Waals surface area (Å²) in [5.74, 6) is 0. The molecule has 0 aliphatic rings. The topological polar surface area (TPSA) is 21.3 Å². The van der Waals surface area contributed by atoms with Gasteiger partial charge in [-0.3, -0.25) is 0 Å². The van der Waals surface area contributed by atoms with Crippen LogP contribution in [0, 0.1) is 0 Å². The van der Waals surface area contributed by atoms with Gasteiger partial charge in [-0.25, -0.2) is 0 Å². The van der Waals surface area contributed by atoms with Crippen LogP contribution in [0.5, 0.6) is 0 Å². The minimum Gasteiger partial charge on any atom is -0.379 e. The SMILES string of the molecule is CCCCCOCC(NCCC)c1ccc(CC)cc1. The van der Waals surface area contributed by atoms with Crippen LogP contribution in [0.2, 0.25) is 0 Å². The van der Waals surface area contributed by atoms with E-state index in [9.17, 15) is 0 Å². The number of aryl methyl sites for hydroxylation is 1. The molecule has 1 aromatic rings. The van der Waals surface area contributed by atoms with E-state index in [1.807, 2.05) is 0 Å². The highest BCUT2D eigenvalue weighted by Crippen LogP contribution is 2.15. The van der Waals surface area contributed by atoms with E-state index in [1.54, 1.807) is 0 Å². The zero-order chi connectivity index (χ0) is 14.6. The predicted molar refractivity (Wildman–Crippen MR) is 87.2 cm³/mol. The molecule has 2 heteroatoms. The van der Waals surface area contributed by atoms with Crippen molar-refractivity contribution in [2.75, 3.05) is 19.8 Å². The molecular weight excluding hydrogens is 246 g/mol. The van der Waals surface area contributed by atoms with E-state index in [2.05, 4.69) is 50.4 Å². The van der Waals surface area contributed by atoms with Crippen molar-refractivity contribution < 1.29 is 4.74 Å². The zero-order valence-corrected chi connectivity index (χ0v) is 13.5. The summed E-state index contributed by atoms with van der Waals surface area (Å²) < 4.78 is 5.84. The molecule has 0 saturated heterocycles. The van der Waals surface area contributed by atoms with Gasteiger partial charge in [0, 0.05) is 6.61 Å². The Morgan fingerprint density at radius 1 is 1.00 bits per heavy atom. The molecule has 20 heavy (non-hydrogen) atoms. The van der Waals surface area contributed by atoms with Gasteiger partial charge in [0.1, 0.15) is 0 Å². The highest BCUT2D eigenvalue weighted by Gasteiger charge is 2.10. The second-order valence-corrected chi connectivity index (χ2v) is 5.38. The number of hydrogen-bond acceptors (Lipinski definition) is 2. The summed E-state index contributed by atoms with van der Waals surface area (Å²) in [7, 11) is 0. The molecule has 1 N–H and O–H groups in total. The van der Waals surface area contributed by atoms with Crippen LogP contribution in [-0.4, -0.2) is 19.8 Å². The van der Waals surface area contributed by atoms with Crippen LogP contribution in [-0.2, 0) is 11.2 Å². The number of rotatable bonds is 11. The van der Waals surface area contributed by atoms with Gasteiger partial charge in [0.15, 0.2) is 0 Å². The maximum atomic E-state index is 5.84. The first-order chi connectivity index (χ1) is 9.81. The van der Waals surface area contributed by atoms with Crippen molar-refractivity contribution in [3.05, 3.63) is 35.4 Å². The van der Waals surface area contributed by atoms with Crippen molar-refractivity contribution in [2.24, 2.45) is 0 Å². The van der Waals surface area contributed by atoms with E-state index in [4.69, 9.17) is 4.74 Å². The van der Waals surface area contributed by atoms with Gasteiger partial charge in [-0.15, -0.1) is 0 Å². The lowest BCUT2D eigenvalue weighted by molar-refractivity contribution is 0.108. The van der Waals surface area contributed by atoms with Crippen molar-refractivity contribution in [3.63, 3.8) is 0 Å². The molecule has 2 nitrogen and oxygen atoms in total. The van der Waals surface area contributed by atoms with Gasteiger partial charge < -0.3 is 10.1 Å². The van der Waals surface area contributed by atoms with Crippen LogP contribution < -0.4 is 5.32 Å². The largest absolute Gasteiger partial charge is 0.379 e. The van der Waals surface area contributed by atoms with E-state index in [1.165, 1.54) is 30.4 Å². The molecule has 0 aromatic heterocycles. The zero-order valence-electron chi connectivity index (χ0n) is 13.5. The molecule has 0 spiro atoms. The minimum absolute atomic E-state index is 0.322. The molecule has 1 aromatic carbocycles. The fourth-order valence-corrected chi connectivity index (χ4v) is 2.23. The van der Waals surface area contributed by atoms with Crippen molar-refractivity contribution in [2.45, 2.75) is 58.9 Å². The fourth-order valence-electron chi connectivity index (χ4n) is 2.23. The summed E-state index contributed by atoms with van der Waals surface area (Å²) >= 11 is 0. The second-order valence-electron chi connectivity index (χ2n) is 5.38. The molecule has 114 valence electrons. The Kier molecular flexibility index (Phi) is 9.35. The molecule has 1 unspecified atom stereocenters. The Morgan fingerprint density at radius 3 is 2.35 bits per heavy atom. The maximum absolute atomic E-state index is 5.84. The molecule has 0 bridgehead atoms. The number of benzene rings is 1. The molecular formula is C18H31NO. The lowest BCUT2D eigenvalue weighted by atomic mass is 10.0. The first kappa shape index (κ1) is 17.2. The molecule has 0 amide bonds. The average Bonchev–Trinajstić information content (AvgIpc) is 2.50. The van der Waals surface area contributed by atoms with Crippen LogP contribution in [0.1, 0.15) is 63.6 Å². The van der Waals surface area contributed by atoms with E-state index in [0.29, 0.717) is 6.04 Å². The molecule has 0 saturated carbocycles. The number of hydrogen-bond donors (Lipinski definition) is 1. The Balaban J connectivity index is 2.48. The van der Waals surface area contributed by atoms with E-state index < -0.39 is 0 Å². The molecule has 1 atom stereocenters. The number of ether oxygens (including phenoxy) is 1. The molecule has 0 radical (unpaired) electrons. The molecule has 0 fully saturated rings. The van der Waals surface area contributed by atoms with Crippen LogP contribution in [0.25, 0.3) is 0 Å². The predicted octanol–water partition coefficient (Wildman–Crippen LogP) is 4.50. The van der Waals surface area contributed by atoms with Gasteiger partial charge in [0.05, 0.1) is 12.6 Å². The van der Waals surface area contributed by atoms with Gasteiger partial charge in [-0.1, -0.05) is 57.9 Å². The highest BCUT2D eigenvalue weighted by atomic mass is 16.5. The monoisotopic (exact) mass is 277 g/mol. The quantitative estimate of drug-likeness (QED) is 0.601. The molecule has 0 heterocycles. The fraction of sp³-hybridized carbons (Fsp3) is 0.667. The summed E-state index contributed by atoms with van der Waals surface area (Å²) in [5.41, 5.74) is 2.73. The first-order valence-corrected chi connectivity index (χ1v) is 8.21. The summed E-state index contributed by atoms with van der Waals surface area (Å²) in [4.78, 5) is 0. The smallest absolute Gasteiger partial charge is 0.0661 e. The standard InChI is InChI=1S/C18H31NO/c1-4-7-8-14-20-15-18(19-13-5-2)17-11-9-16(6-3)10-12-17/h9-12,18-19H,4-8,13-15H2,1-3H3. The van der Waals surface area contributed by atoms with E-state index in [-0.39, 0.29) is 0 Å². The number of unbranched alkanes of at least 4 members (excludes halogenated alkanes) is 2. The van der Waals surface area contributed by atoms with Crippen molar-refractivity contribution in [1.82, 2.24) is 5.32 Å². The summed E-state index contributed by atoms with van der Waals surface area (Å²) in [5, 5.41) is 3.59. The van der Waals surface area contributed by atoms with Crippen LogP contribution in [0.3, 0.4) is 0 Å². The third-order valence-electron chi connectivity index (χ3n) is 3.61.